The van der Waals surface area contributed by atoms with Crippen LogP contribution in [0.3, 0.4) is 0 Å². The van der Waals surface area contributed by atoms with Crippen molar-refractivity contribution in [2.75, 3.05) is 18.5 Å². The monoisotopic (exact) mass is 466 g/mol. The number of rotatable bonds is 10. The van der Waals surface area contributed by atoms with Crippen LogP contribution in [0.5, 0.6) is 0 Å². The second-order valence-electron chi connectivity index (χ2n) is 7.64. The number of hydrogen-bond acceptors (Lipinski definition) is 7. The molecule has 0 bridgehead atoms. The molecule has 9 heteroatoms. The fourth-order valence-electron chi connectivity index (χ4n) is 3.57. The van der Waals surface area contributed by atoms with Crippen molar-refractivity contribution in [3.8, 4) is 0 Å². The molecule has 1 aliphatic rings. The average Bonchev–Trinajstić information content (AvgIpc) is 3.09. The van der Waals surface area contributed by atoms with Crippen LogP contribution in [0.2, 0.25) is 0 Å². The van der Waals surface area contributed by atoms with Crippen LogP contribution < -0.4 is 5.32 Å². The maximum atomic E-state index is 12.8. The quantitative estimate of drug-likeness (QED) is 0.422. The molecule has 2 aromatic carbocycles. The Bertz CT molecular complexity index is 1060. The molecule has 178 valence electrons. The molecule has 0 saturated heterocycles. The summed E-state index contributed by atoms with van der Waals surface area (Å²) in [5.41, 5.74) is 1.22. The van der Waals surface area contributed by atoms with E-state index in [1.165, 1.54) is 24.3 Å². The van der Waals surface area contributed by atoms with E-state index in [0.717, 1.165) is 11.3 Å². The van der Waals surface area contributed by atoms with Crippen molar-refractivity contribution in [3.05, 3.63) is 65.2 Å². The number of hydrogen-bond donors (Lipinski definition) is 1. The minimum Gasteiger partial charge on any atom is -0.462 e. The lowest BCUT2D eigenvalue weighted by molar-refractivity contribution is -0.151. The van der Waals surface area contributed by atoms with Gasteiger partial charge in [-0.15, -0.1) is 0 Å². The Balaban J connectivity index is 1.62. The fourth-order valence-corrected chi connectivity index (χ4v) is 3.57. The van der Waals surface area contributed by atoms with Crippen LogP contribution in [0.15, 0.2) is 48.5 Å². The van der Waals surface area contributed by atoms with E-state index in [0.29, 0.717) is 17.7 Å². The summed E-state index contributed by atoms with van der Waals surface area (Å²) in [6.45, 7) is 3.29. The SMILES string of the molecule is CCCC[C@H](C(=O)OCC(=O)Nc1ccc(C(=O)OCC)cc1)N1C(=O)c2ccccc2C1=O. The van der Waals surface area contributed by atoms with Gasteiger partial charge in [-0.3, -0.25) is 19.3 Å². The molecule has 0 spiro atoms. The molecule has 0 fully saturated rings. The van der Waals surface area contributed by atoms with E-state index >= 15 is 0 Å². The number of benzene rings is 2. The number of carbonyl (C=O) groups excluding carboxylic acids is 5. The Morgan fingerprint density at radius 3 is 2.09 bits per heavy atom. The molecule has 34 heavy (non-hydrogen) atoms. The molecular formula is C25H26N2O7. The van der Waals surface area contributed by atoms with Crippen LogP contribution in [0, 0.1) is 0 Å². The summed E-state index contributed by atoms with van der Waals surface area (Å²) in [5.74, 6) is -3.00. The van der Waals surface area contributed by atoms with Crippen LogP contribution in [-0.2, 0) is 19.1 Å². The predicted octanol–water partition coefficient (Wildman–Crippen LogP) is 3.20. The smallest absolute Gasteiger partial charge is 0.338 e. The number of nitrogens with one attached hydrogen (secondary N) is 1. The fraction of sp³-hybridized carbons (Fsp3) is 0.320. The molecule has 1 heterocycles. The summed E-state index contributed by atoms with van der Waals surface area (Å²) in [6.07, 6.45) is 1.57. The van der Waals surface area contributed by atoms with Crippen LogP contribution in [0.4, 0.5) is 5.69 Å². The number of esters is 2. The van der Waals surface area contributed by atoms with Gasteiger partial charge in [0.2, 0.25) is 0 Å². The number of imide groups is 1. The highest BCUT2D eigenvalue weighted by Gasteiger charge is 2.43. The lowest BCUT2D eigenvalue weighted by atomic mass is 10.1. The summed E-state index contributed by atoms with van der Waals surface area (Å²) in [6, 6.07) is 11.3. The first kappa shape index (κ1) is 24.6. The Morgan fingerprint density at radius 1 is 0.912 bits per heavy atom. The van der Waals surface area contributed by atoms with E-state index in [9.17, 15) is 24.0 Å². The Kier molecular flexibility index (Phi) is 8.13. The van der Waals surface area contributed by atoms with Gasteiger partial charge < -0.3 is 14.8 Å². The zero-order valence-corrected chi connectivity index (χ0v) is 19.0. The molecule has 0 radical (unpaired) electrons. The average molecular weight is 466 g/mol. The number of amides is 3. The molecule has 3 amide bonds. The van der Waals surface area contributed by atoms with Gasteiger partial charge in [-0.25, -0.2) is 9.59 Å². The minimum absolute atomic E-state index is 0.234. The minimum atomic E-state index is -1.12. The van der Waals surface area contributed by atoms with Crippen LogP contribution in [0.1, 0.15) is 64.2 Å². The molecule has 1 N–H and O–H groups in total. The summed E-state index contributed by atoms with van der Waals surface area (Å²) in [7, 11) is 0. The van der Waals surface area contributed by atoms with Gasteiger partial charge in [-0.1, -0.05) is 31.9 Å². The maximum Gasteiger partial charge on any atom is 0.338 e. The third-order valence-electron chi connectivity index (χ3n) is 5.27. The van der Waals surface area contributed by atoms with E-state index in [4.69, 9.17) is 9.47 Å². The molecule has 9 nitrogen and oxygen atoms in total. The molecule has 0 saturated carbocycles. The Morgan fingerprint density at radius 2 is 1.53 bits per heavy atom. The summed E-state index contributed by atoms with van der Waals surface area (Å²) in [4.78, 5) is 63.3. The van der Waals surface area contributed by atoms with Gasteiger partial charge in [0.15, 0.2) is 6.61 Å². The van der Waals surface area contributed by atoms with Crippen molar-refractivity contribution >= 4 is 35.3 Å². The topological polar surface area (TPSA) is 119 Å². The number of nitrogens with zero attached hydrogens (tertiary/aromatic N) is 1. The van der Waals surface area contributed by atoms with Gasteiger partial charge in [-0.2, -0.15) is 0 Å². The first-order valence-corrected chi connectivity index (χ1v) is 11.1. The molecule has 0 unspecified atom stereocenters. The van der Waals surface area contributed by atoms with Crippen molar-refractivity contribution in [1.82, 2.24) is 4.90 Å². The van der Waals surface area contributed by atoms with Crippen molar-refractivity contribution in [2.24, 2.45) is 0 Å². The second-order valence-corrected chi connectivity index (χ2v) is 7.64. The number of carbonyl (C=O) groups is 5. The Labute approximate surface area is 197 Å². The van der Waals surface area contributed by atoms with Crippen LogP contribution in [0.25, 0.3) is 0 Å². The molecule has 3 rings (SSSR count). The lowest BCUT2D eigenvalue weighted by Gasteiger charge is -2.24. The molecule has 0 aliphatic carbocycles. The third kappa shape index (κ3) is 5.48. The van der Waals surface area contributed by atoms with Crippen molar-refractivity contribution in [3.63, 3.8) is 0 Å². The standard InChI is InChI=1S/C25H26N2O7/c1-3-5-10-20(27-22(29)18-8-6-7-9-19(18)23(27)30)25(32)34-15-21(28)26-17-13-11-16(12-14-17)24(31)33-4-2/h6-9,11-14,20H,3-5,10,15H2,1-2H3,(H,26,28)/t20-/m1/s1. The maximum absolute atomic E-state index is 12.8. The second kappa shape index (κ2) is 11.2. The number of ether oxygens (including phenoxy) is 2. The van der Waals surface area contributed by atoms with Gasteiger partial charge in [0, 0.05) is 5.69 Å². The van der Waals surface area contributed by atoms with Crippen molar-refractivity contribution in [1.29, 1.82) is 0 Å². The van der Waals surface area contributed by atoms with Gasteiger partial charge in [0.05, 0.1) is 23.3 Å². The molecular weight excluding hydrogens is 440 g/mol. The highest BCUT2D eigenvalue weighted by Crippen LogP contribution is 2.27. The largest absolute Gasteiger partial charge is 0.462 e. The van der Waals surface area contributed by atoms with Gasteiger partial charge in [0.25, 0.3) is 17.7 Å². The highest BCUT2D eigenvalue weighted by molar-refractivity contribution is 6.22. The van der Waals surface area contributed by atoms with Crippen LogP contribution >= 0.6 is 0 Å². The zero-order valence-electron chi connectivity index (χ0n) is 19.0. The van der Waals surface area contributed by atoms with Crippen LogP contribution in [-0.4, -0.2) is 53.8 Å². The van der Waals surface area contributed by atoms with E-state index in [1.54, 1.807) is 31.2 Å². The van der Waals surface area contributed by atoms with Crippen molar-refractivity contribution in [2.45, 2.75) is 39.2 Å². The van der Waals surface area contributed by atoms with Gasteiger partial charge >= 0.3 is 11.9 Å². The summed E-state index contributed by atoms with van der Waals surface area (Å²) >= 11 is 0. The highest BCUT2D eigenvalue weighted by atomic mass is 16.5. The van der Waals surface area contributed by atoms with Gasteiger partial charge in [-0.05, 0) is 49.7 Å². The zero-order chi connectivity index (χ0) is 24.7. The lowest BCUT2D eigenvalue weighted by Crippen LogP contribution is -2.46. The molecule has 1 aliphatic heterocycles. The Hall–Kier alpha value is -4.01. The van der Waals surface area contributed by atoms with Crippen molar-refractivity contribution < 1.29 is 33.4 Å². The molecule has 2 aromatic rings. The number of unbranched alkanes of at least 4 members (excludes halogenated alkanes) is 1. The number of fused-ring (bicyclic) bond motifs is 1. The summed E-state index contributed by atoms with van der Waals surface area (Å²) in [5, 5.41) is 2.56. The third-order valence-corrected chi connectivity index (χ3v) is 5.27. The molecule has 1 atom stereocenters. The van der Waals surface area contributed by atoms with Gasteiger partial charge in [0.1, 0.15) is 6.04 Å². The predicted molar refractivity (Wildman–Crippen MR) is 122 cm³/mol. The summed E-state index contributed by atoms with van der Waals surface area (Å²) < 4.78 is 10.1. The number of anilines is 1. The van der Waals surface area contributed by atoms with E-state index in [-0.39, 0.29) is 24.2 Å². The van der Waals surface area contributed by atoms with E-state index < -0.39 is 42.3 Å². The normalized spacial score (nSPS) is 13.3. The first-order chi connectivity index (χ1) is 16.4. The molecule has 0 aromatic heterocycles. The van der Waals surface area contributed by atoms with E-state index in [1.807, 2.05) is 6.92 Å². The first-order valence-electron chi connectivity index (χ1n) is 11.1. The van der Waals surface area contributed by atoms with E-state index in [2.05, 4.69) is 5.32 Å².